The van der Waals surface area contributed by atoms with Gasteiger partial charge in [0.15, 0.2) is 6.29 Å². The van der Waals surface area contributed by atoms with E-state index >= 15 is 0 Å². The second-order valence-electron chi connectivity index (χ2n) is 7.81. The Morgan fingerprint density at radius 2 is 1.35 bits per heavy atom. The number of hydrogen-bond donors (Lipinski definition) is 1. The summed E-state index contributed by atoms with van der Waals surface area (Å²) in [5.41, 5.74) is 0.489. The van der Waals surface area contributed by atoms with Crippen LogP contribution in [0.5, 0.6) is 5.75 Å². The van der Waals surface area contributed by atoms with E-state index in [0.717, 1.165) is 18.6 Å². The van der Waals surface area contributed by atoms with Crippen LogP contribution in [0.25, 0.3) is 0 Å². The van der Waals surface area contributed by atoms with Gasteiger partial charge in [0.1, 0.15) is 5.75 Å². The first-order valence-electron chi connectivity index (χ1n) is 9.37. The molecule has 0 aliphatic rings. The maximum atomic E-state index is 9.85. The van der Waals surface area contributed by atoms with E-state index in [-0.39, 0.29) is 0 Å². The molecule has 1 atom stereocenters. The van der Waals surface area contributed by atoms with E-state index in [1.807, 2.05) is 30.3 Å². The van der Waals surface area contributed by atoms with Crippen molar-refractivity contribution in [2.45, 2.75) is 91.3 Å². The summed E-state index contributed by atoms with van der Waals surface area (Å²) >= 11 is 0. The van der Waals surface area contributed by atoms with Crippen LogP contribution in [0.15, 0.2) is 30.3 Å². The van der Waals surface area contributed by atoms with Crippen LogP contribution in [0.1, 0.15) is 85.0 Å². The maximum absolute atomic E-state index is 9.85. The Morgan fingerprint density at radius 3 is 1.91 bits per heavy atom. The fraction of sp³-hybridized carbons (Fsp3) is 0.714. The van der Waals surface area contributed by atoms with E-state index in [1.54, 1.807) is 0 Å². The van der Waals surface area contributed by atoms with E-state index in [2.05, 4.69) is 20.8 Å². The lowest BCUT2D eigenvalue weighted by Gasteiger charge is -2.17. The molecule has 1 aromatic carbocycles. The van der Waals surface area contributed by atoms with Gasteiger partial charge < -0.3 is 9.84 Å². The molecule has 0 fully saturated rings. The Hall–Kier alpha value is -1.02. The molecule has 2 heteroatoms. The highest BCUT2D eigenvalue weighted by Gasteiger charge is 2.08. The van der Waals surface area contributed by atoms with Gasteiger partial charge in [-0.3, -0.25) is 0 Å². The molecule has 0 spiro atoms. The Kier molecular flexibility index (Phi) is 10.0. The summed E-state index contributed by atoms with van der Waals surface area (Å²) < 4.78 is 5.47. The zero-order valence-corrected chi connectivity index (χ0v) is 15.4. The molecule has 0 aromatic heterocycles. The fourth-order valence-electron chi connectivity index (χ4n) is 2.75. The van der Waals surface area contributed by atoms with Crippen LogP contribution in [-0.4, -0.2) is 11.4 Å². The average Bonchev–Trinajstić information content (AvgIpc) is 2.49. The van der Waals surface area contributed by atoms with Gasteiger partial charge in [0.05, 0.1) is 0 Å². The summed E-state index contributed by atoms with van der Waals surface area (Å²) in [6.07, 6.45) is 11.7. The molecule has 132 valence electrons. The average molecular weight is 321 g/mol. The highest BCUT2D eigenvalue weighted by molar-refractivity contribution is 5.20. The first-order chi connectivity index (χ1) is 11.0. The van der Waals surface area contributed by atoms with Crippen LogP contribution in [0, 0.1) is 5.41 Å². The summed E-state index contributed by atoms with van der Waals surface area (Å²) in [5, 5.41) is 9.85. The van der Waals surface area contributed by atoms with Crippen molar-refractivity contribution in [3.05, 3.63) is 30.3 Å². The molecule has 0 aliphatic carbocycles. The maximum Gasteiger partial charge on any atom is 0.197 e. The van der Waals surface area contributed by atoms with Gasteiger partial charge in [-0.25, -0.2) is 0 Å². The molecule has 23 heavy (non-hydrogen) atoms. The zero-order valence-electron chi connectivity index (χ0n) is 15.4. The third-order valence-electron chi connectivity index (χ3n) is 4.14. The minimum absolute atomic E-state index is 0.489. The third kappa shape index (κ3) is 12.1. The number of rotatable bonds is 12. The van der Waals surface area contributed by atoms with Crippen LogP contribution in [0.4, 0.5) is 0 Å². The normalized spacial score (nSPS) is 13.0. The van der Waals surface area contributed by atoms with Gasteiger partial charge in [-0.2, -0.15) is 0 Å². The lowest BCUT2D eigenvalue weighted by Crippen LogP contribution is -2.15. The monoisotopic (exact) mass is 320 g/mol. The van der Waals surface area contributed by atoms with E-state index in [1.165, 1.54) is 51.4 Å². The van der Waals surface area contributed by atoms with Crippen LogP contribution in [0.3, 0.4) is 0 Å². The van der Waals surface area contributed by atoms with Crippen LogP contribution < -0.4 is 4.74 Å². The fourth-order valence-corrected chi connectivity index (χ4v) is 2.75. The zero-order chi connectivity index (χ0) is 17.0. The predicted molar refractivity (Wildman–Crippen MR) is 98.7 cm³/mol. The summed E-state index contributed by atoms with van der Waals surface area (Å²) in [5.74, 6) is 0.746. The largest absolute Gasteiger partial charge is 0.465 e. The molecule has 0 bridgehead atoms. The molecule has 0 radical (unpaired) electrons. The SMILES string of the molecule is CC(C)(C)CCCCCCCCCCC(O)Oc1ccccc1. The van der Waals surface area contributed by atoms with E-state index in [4.69, 9.17) is 4.74 Å². The second kappa shape index (κ2) is 11.5. The van der Waals surface area contributed by atoms with Gasteiger partial charge in [0.2, 0.25) is 0 Å². The lowest BCUT2D eigenvalue weighted by atomic mass is 9.89. The number of hydrogen-bond acceptors (Lipinski definition) is 2. The van der Waals surface area contributed by atoms with Crippen LogP contribution in [0.2, 0.25) is 0 Å². The lowest BCUT2D eigenvalue weighted by molar-refractivity contribution is -0.0246. The van der Waals surface area contributed by atoms with Crippen LogP contribution >= 0.6 is 0 Å². The van der Waals surface area contributed by atoms with Crippen molar-refractivity contribution in [3.63, 3.8) is 0 Å². The van der Waals surface area contributed by atoms with E-state index < -0.39 is 6.29 Å². The molecule has 1 N–H and O–H groups in total. The molecule has 0 amide bonds. The van der Waals surface area contributed by atoms with Crippen molar-refractivity contribution in [2.24, 2.45) is 5.41 Å². The number of ether oxygens (including phenoxy) is 1. The Morgan fingerprint density at radius 1 is 0.826 bits per heavy atom. The first kappa shape index (κ1) is 20.0. The van der Waals surface area contributed by atoms with Crippen molar-refractivity contribution in [2.75, 3.05) is 0 Å². The van der Waals surface area contributed by atoms with Gasteiger partial charge in [-0.1, -0.05) is 83.9 Å². The number of aliphatic hydroxyl groups excluding tert-OH is 1. The summed E-state index contributed by atoms with van der Waals surface area (Å²) in [6.45, 7) is 6.97. The highest BCUT2D eigenvalue weighted by atomic mass is 16.6. The summed E-state index contributed by atoms with van der Waals surface area (Å²) in [6, 6.07) is 9.54. The molecule has 1 rings (SSSR count). The number of benzene rings is 1. The van der Waals surface area contributed by atoms with Crippen molar-refractivity contribution < 1.29 is 9.84 Å². The molecular weight excluding hydrogens is 284 g/mol. The molecule has 1 unspecified atom stereocenters. The van der Waals surface area contributed by atoms with Crippen molar-refractivity contribution in [1.82, 2.24) is 0 Å². The number of para-hydroxylation sites is 1. The van der Waals surface area contributed by atoms with Gasteiger partial charge >= 0.3 is 0 Å². The Bertz CT molecular complexity index is 381. The Labute approximate surface area is 143 Å². The predicted octanol–water partition coefficient (Wildman–Crippen LogP) is 6.33. The summed E-state index contributed by atoms with van der Waals surface area (Å²) in [7, 11) is 0. The Balaban J connectivity index is 1.88. The van der Waals surface area contributed by atoms with E-state index in [0.29, 0.717) is 5.41 Å². The van der Waals surface area contributed by atoms with E-state index in [9.17, 15) is 5.11 Å². The summed E-state index contributed by atoms with van der Waals surface area (Å²) in [4.78, 5) is 0. The second-order valence-corrected chi connectivity index (χ2v) is 7.81. The van der Waals surface area contributed by atoms with Gasteiger partial charge in [0, 0.05) is 6.42 Å². The quantitative estimate of drug-likeness (QED) is 0.360. The third-order valence-corrected chi connectivity index (χ3v) is 4.14. The smallest absolute Gasteiger partial charge is 0.197 e. The number of aliphatic hydroxyl groups is 1. The molecule has 2 nitrogen and oxygen atoms in total. The molecule has 0 saturated heterocycles. The van der Waals surface area contributed by atoms with Gasteiger partial charge in [-0.15, -0.1) is 0 Å². The molecule has 0 heterocycles. The van der Waals surface area contributed by atoms with Crippen molar-refractivity contribution in [1.29, 1.82) is 0 Å². The minimum atomic E-state index is -0.671. The van der Waals surface area contributed by atoms with Gasteiger partial charge in [-0.05, 0) is 30.4 Å². The van der Waals surface area contributed by atoms with Crippen LogP contribution in [-0.2, 0) is 0 Å². The highest BCUT2D eigenvalue weighted by Crippen LogP contribution is 2.22. The standard InChI is InChI=1S/C21H36O2/c1-21(2,3)18-14-9-7-5-4-6-8-13-17-20(22)23-19-15-11-10-12-16-19/h10-12,15-16,20,22H,4-9,13-14,17-18H2,1-3H3. The minimum Gasteiger partial charge on any atom is -0.465 e. The molecule has 1 aromatic rings. The molecule has 0 aliphatic heterocycles. The number of unbranched alkanes of at least 4 members (excludes halogenated alkanes) is 7. The van der Waals surface area contributed by atoms with Gasteiger partial charge in [0.25, 0.3) is 0 Å². The molecular formula is C21H36O2. The van der Waals surface area contributed by atoms with Crippen molar-refractivity contribution >= 4 is 0 Å². The van der Waals surface area contributed by atoms with Crippen molar-refractivity contribution in [3.8, 4) is 5.75 Å². The first-order valence-corrected chi connectivity index (χ1v) is 9.37. The molecule has 0 saturated carbocycles. The topological polar surface area (TPSA) is 29.5 Å².